The van der Waals surface area contributed by atoms with Gasteiger partial charge in [-0.3, -0.25) is 9.55 Å². The molecule has 0 aliphatic heterocycles. The summed E-state index contributed by atoms with van der Waals surface area (Å²) >= 11 is 0. The van der Waals surface area contributed by atoms with E-state index in [9.17, 15) is 5.11 Å². The summed E-state index contributed by atoms with van der Waals surface area (Å²) in [4.78, 5) is 10.1. The summed E-state index contributed by atoms with van der Waals surface area (Å²) in [6, 6.07) is 36.3. The second-order valence-corrected chi connectivity index (χ2v) is 14.2. The van der Waals surface area contributed by atoms with E-state index in [4.69, 9.17) is 16.8 Å². The maximum absolute atomic E-state index is 11.2. The SMILES string of the molecule is [2H]c1c([2H])c([2H])c(-c2ccnc(-c3cc(-c4cccc5c4nc(-c4ccccc4O)n5-c4cc(C)c(C)c(-c5ccccc5)c4)cc(C(C)(C)C)c3)c2)c([2H])c1[2H]. The third-order valence-corrected chi connectivity index (χ3v) is 9.78. The quantitative estimate of drug-likeness (QED) is 0.190. The molecule has 0 unspecified atom stereocenters. The van der Waals surface area contributed by atoms with Crippen LogP contribution in [0.4, 0.5) is 0 Å². The minimum absolute atomic E-state index is 0.129. The van der Waals surface area contributed by atoms with Crippen molar-refractivity contribution in [3.63, 3.8) is 0 Å². The van der Waals surface area contributed by atoms with Crippen LogP contribution in [0.3, 0.4) is 0 Å². The van der Waals surface area contributed by atoms with E-state index >= 15 is 0 Å². The molecule has 0 saturated carbocycles. The maximum atomic E-state index is 11.2. The summed E-state index contributed by atoms with van der Waals surface area (Å²) in [7, 11) is 0. The highest BCUT2D eigenvalue weighted by Crippen LogP contribution is 2.41. The highest BCUT2D eigenvalue weighted by atomic mass is 16.3. The molecular weight excluding hydrogens is 635 g/mol. The van der Waals surface area contributed by atoms with Gasteiger partial charge in [0, 0.05) is 23.0 Å². The van der Waals surface area contributed by atoms with Crippen molar-refractivity contribution in [3.8, 4) is 67.5 Å². The highest BCUT2D eigenvalue weighted by molar-refractivity contribution is 5.97. The number of aromatic hydroxyl groups is 1. The zero-order valence-electron chi connectivity index (χ0n) is 34.8. The minimum Gasteiger partial charge on any atom is -0.507 e. The van der Waals surface area contributed by atoms with Gasteiger partial charge in [-0.2, -0.15) is 0 Å². The Morgan fingerprint density at radius 3 is 2.13 bits per heavy atom. The van der Waals surface area contributed by atoms with Gasteiger partial charge >= 0.3 is 0 Å². The molecule has 0 atom stereocenters. The topological polar surface area (TPSA) is 50.9 Å². The predicted molar refractivity (Wildman–Crippen MR) is 216 cm³/mol. The highest BCUT2D eigenvalue weighted by Gasteiger charge is 2.23. The van der Waals surface area contributed by atoms with Crippen molar-refractivity contribution in [2.45, 2.75) is 40.0 Å². The molecule has 0 saturated heterocycles. The molecule has 254 valence electrons. The van der Waals surface area contributed by atoms with Gasteiger partial charge in [0.1, 0.15) is 11.6 Å². The van der Waals surface area contributed by atoms with Crippen LogP contribution in [0.25, 0.3) is 72.7 Å². The number of para-hydroxylation sites is 2. The van der Waals surface area contributed by atoms with E-state index in [1.807, 2.05) is 36.4 Å². The summed E-state index contributed by atoms with van der Waals surface area (Å²) in [5.41, 5.74) is 12.4. The third-order valence-electron chi connectivity index (χ3n) is 9.78. The lowest BCUT2D eigenvalue weighted by Gasteiger charge is -2.22. The Hall–Kier alpha value is -6.26. The third kappa shape index (κ3) is 6.07. The molecule has 0 aliphatic rings. The number of rotatable bonds is 6. The van der Waals surface area contributed by atoms with Gasteiger partial charge in [0.2, 0.25) is 0 Å². The molecule has 2 heterocycles. The first-order valence-electron chi connectivity index (χ1n) is 19.9. The number of phenols is 1. The van der Waals surface area contributed by atoms with E-state index in [0.717, 1.165) is 55.7 Å². The van der Waals surface area contributed by atoms with Gasteiger partial charge in [0.05, 0.1) is 29.1 Å². The molecule has 0 bridgehead atoms. The Morgan fingerprint density at radius 2 is 1.37 bits per heavy atom. The molecule has 8 rings (SSSR count). The molecule has 0 amide bonds. The predicted octanol–water partition coefficient (Wildman–Crippen LogP) is 12.4. The van der Waals surface area contributed by atoms with Crippen LogP contribution in [-0.2, 0) is 5.41 Å². The van der Waals surface area contributed by atoms with E-state index in [-0.39, 0.29) is 40.9 Å². The van der Waals surface area contributed by atoms with Crippen LogP contribution < -0.4 is 0 Å². The van der Waals surface area contributed by atoms with Crippen molar-refractivity contribution in [2.75, 3.05) is 0 Å². The number of fused-ring (bicyclic) bond motifs is 1. The largest absolute Gasteiger partial charge is 0.507 e. The Morgan fingerprint density at radius 1 is 0.635 bits per heavy atom. The van der Waals surface area contributed by atoms with Gasteiger partial charge in [-0.05, 0) is 118 Å². The summed E-state index contributed by atoms with van der Waals surface area (Å²) in [6.07, 6.45) is 1.61. The van der Waals surface area contributed by atoms with Crippen LogP contribution in [-0.4, -0.2) is 19.6 Å². The number of aromatic nitrogens is 3. The van der Waals surface area contributed by atoms with Crippen LogP contribution in [0.15, 0.2) is 152 Å². The van der Waals surface area contributed by atoms with E-state index < -0.39 is 6.04 Å². The first kappa shape index (κ1) is 27.5. The second-order valence-electron chi connectivity index (χ2n) is 14.2. The molecule has 8 aromatic rings. The van der Waals surface area contributed by atoms with Crippen LogP contribution in [0.1, 0.15) is 44.3 Å². The fraction of sp³-hybridized carbons (Fsp3) is 0.125. The number of hydrogen-bond acceptors (Lipinski definition) is 3. The van der Waals surface area contributed by atoms with E-state index in [1.165, 1.54) is 5.56 Å². The van der Waals surface area contributed by atoms with Crippen molar-refractivity contribution < 1.29 is 12.0 Å². The minimum atomic E-state index is -0.429. The molecule has 0 aliphatic carbocycles. The molecule has 0 fully saturated rings. The van der Waals surface area contributed by atoms with Gasteiger partial charge in [-0.15, -0.1) is 0 Å². The molecule has 52 heavy (non-hydrogen) atoms. The Kier molecular flexibility index (Phi) is 6.93. The number of phenolic OH excluding ortho intramolecular Hbond substituents is 1. The van der Waals surface area contributed by atoms with E-state index in [2.05, 4.69) is 93.8 Å². The zero-order valence-corrected chi connectivity index (χ0v) is 29.8. The number of benzene rings is 6. The lowest BCUT2D eigenvalue weighted by molar-refractivity contribution is 0.477. The molecule has 0 spiro atoms. The average Bonchev–Trinajstić information content (AvgIpc) is 3.60. The van der Waals surface area contributed by atoms with Crippen molar-refractivity contribution >= 4 is 11.0 Å². The van der Waals surface area contributed by atoms with Gasteiger partial charge < -0.3 is 5.11 Å². The molecule has 4 heteroatoms. The molecular formula is C48H41N3O. The van der Waals surface area contributed by atoms with E-state index in [0.29, 0.717) is 22.6 Å². The number of pyridine rings is 1. The summed E-state index contributed by atoms with van der Waals surface area (Å²) in [6.45, 7) is 10.7. The lowest BCUT2D eigenvalue weighted by atomic mass is 9.83. The van der Waals surface area contributed by atoms with Crippen molar-refractivity contribution in [1.82, 2.24) is 14.5 Å². The number of aryl methyl sites for hydroxylation is 1. The second kappa shape index (κ2) is 13.1. The molecule has 6 aromatic carbocycles. The van der Waals surface area contributed by atoms with Crippen LogP contribution in [0.2, 0.25) is 0 Å². The van der Waals surface area contributed by atoms with Crippen LogP contribution in [0.5, 0.6) is 5.75 Å². The lowest BCUT2D eigenvalue weighted by Crippen LogP contribution is -2.11. The van der Waals surface area contributed by atoms with E-state index in [1.54, 1.807) is 30.5 Å². The monoisotopic (exact) mass is 680 g/mol. The van der Waals surface area contributed by atoms with Crippen LogP contribution in [0, 0.1) is 13.8 Å². The number of hydrogen-bond donors (Lipinski definition) is 1. The zero-order chi connectivity index (χ0) is 40.3. The van der Waals surface area contributed by atoms with Crippen molar-refractivity contribution in [1.29, 1.82) is 0 Å². The van der Waals surface area contributed by atoms with Crippen molar-refractivity contribution in [2.24, 2.45) is 0 Å². The van der Waals surface area contributed by atoms with Gasteiger partial charge in [-0.25, -0.2) is 4.98 Å². The maximum Gasteiger partial charge on any atom is 0.149 e. The van der Waals surface area contributed by atoms with Gasteiger partial charge in [0.15, 0.2) is 0 Å². The number of nitrogens with zero attached hydrogens (tertiary/aromatic N) is 3. The van der Waals surface area contributed by atoms with Gasteiger partial charge in [-0.1, -0.05) is 112 Å². The molecule has 0 radical (unpaired) electrons. The standard InChI is InChI=1S/C48H41N3O/c1-31-25-39(30-42(32(31)2)34-17-10-7-11-18-34)51-44-21-14-20-40(46(44)50-47(51)41-19-12-13-22-45(41)52)36-26-37(28-38(27-36)48(3,4)5)43-29-35(23-24-49-43)33-15-8-6-9-16-33/h6-30,52H,1-5H3/i6D,8D,9D,15D,16D. The Bertz CT molecular complexity index is 2850. The Labute approximate surface area is 312 Å². The van der Waals surface area contributed by atoms with Crippen LogP contribution >= 0.6 is 0 Å². The average molecular weight is 681 g/mol. The summed E-state index contributed by atoms with van der Waals surface area (Å²) in [5.74, 6) is 0.739. The summed E-state index contributed by atoms with van der Waals surface area (Å²) in [5, 5.41) is 11.2. The Balaban J connectivity index is 1.37. The summed E-state index contributed by atoms with van der Waals surface area (Å²) < 4.78 is 43.9. The number of imidazole rings is 1. The fourth-order valence-electron chi connectivity index (χ4n) is 6.83. The first-order chi connectivity index (χ1) is 27.2. The van der Waals surface area contributed by atoms with Gasteiger partial charge in [0.25, 0.3) is 0 Å². The fourth-order valence-corrected chi connectivity index (χ4v) is 6.83. The van der Waals surface area contributed by atoms with Crippen molar-refractivity contribution in [3.05, 3.63) is 168 Å². The molecule has 4 nitrogen and oxygen atoms in total. The smallest absolute Gasteiger partial charge is 0.149 e. The molecule has 2 aromatic heterocycles. The first-order valence-corrected chi connectivity index (χ1v) is 17.4. The molecule has 1 N–H and O–H groups in total. The normalized spacial score (nSPS) is 13.0.